The smallest absolute Gasteiger partial charge is 0.253 e. The van der Waals surface area contributed by atoms with E-state index >= 15 is 0 Å². The lowest BCUT2D eigenvalue weighted by molar-refractivity contribution is 0.0194. The molecule has 2 aromatic rings. The lowest BCUT2D eigenvalue weighted by atomic mass is 10.1. The molecule has 3 rings (SSSR count). The molecule has 1 unspecified atom stereocenters. The molecule has 8 heteroatoms. The highest BCUT2D eigenvalue weighted by Crippen LogP contribution is 2.12. The first-order chi connectivity index (χ1) is 14.6. The van der Waals surface area contributed by atoms with Crippen LogP contribution in [0.1, 0.15) is 40.9 Å². The molecular formula is C23H33IN4O3. The van der Waals surface area contributed by atoms with Gasteiger partial charge < -0.3 is 24.7 Å². The van der Waals surface area contributed by atoms with Crippen LogP contribution in [0.5, 0.6) is 0 Å². The Hall–Kier alpha value is -2.07. The first kappa shape index (κ1) is 25.2. The normalized spacial score (nSPS) is 16.3. The van der Waals surface area contributed by atoms with Gasteiger partial charge in [0.05, 0.1) is 18.9 Å². The Morgan fingerprint density at radius 1 is 1.16 bits per heavy atom. The van der Waals surface area contributed by atoms with Gasteiger partial charge in [0.25, 0.3) is 5.91 Å². The summed E-state index contributed by atoms with van der Waals surface area (Å²) >= 11 is 0. The molecule has 2 heterocycles. The number of ether oxygens (including phenoxy) is 1. The molecule has 1 aromatic carbocycles. The number of nitrogens with zero attached hydrogens (tertiary/aromatic N) is 2. The van der Waals surface area contributed by atoms with Gasteiger partial charge in [-0.3, -0.25) is 4.79 Å². The van der Waals surface area contributed by atoms with E-state index in [0.717, 1.165) is 56.2 Å². The number of amides is 1. The zero-order valence-electron chi connectivity index (χ0n) is 18.3. The molecule has 0 aliphatic carbocycles. The quantitative estimate of drug-likeness (QED) is 0.305. The second-order valence-electron chi connectivity index (χ2n) is 7.69. The number of carbonyl (C=O) groups is 1. The zero-order valence-corrected chi connectivity index (χ0v) is 20.6. The number of furan rings is 1. The predicted molar refractivity (Wildman–Crippen MR) is 133 cm³/mol. The number of hydrogen-bond donors (Lipinski definition) is 2. The average molecular weight is 540 g/mol. The lowest BCUT2D eigenvalue weighted by Gasteiger charge is -2.23. The van der Waals surface area contributed by atoms with Crippen LogP contribution in [-0.2, 0) is 17.7 Å². The van der Waals surface area contributed by atoms with Gasteiger partial charge in [-0.2, -0.15) is 0 Å². The van der Waals surface area contributed by atoms with E-state index in [4.69, 9.17) is 14.1 Å². The highest BCUT2D eigenvalue weighted by molar-refractivity contribution is 14.0. The summed E-state index contributed by atoms with van der Waals surface area (Å²) in [7, 11) is 3.51. The van der Waals surface area contributed by atoms with Crippen LogP contribution < -0.4 is 10.6 Å². The van der Waals surface area contributed by atoms with Crippen molar-refractivity contribution in [3.05, 3.63) is 59.5 Å². The van der Waals surface area contributed by atoms with Crippen LogP contribution >= 0.6 is 24.0 Å². The van der Waals surface area contributed by atoms with Crippen molar-refractivity contribution in [1.82, 2.24) is 15.5 Å². The molecule has 1 atom stereocenters. The van der Waals surface area contributed by atoms with Crippen LogP contribution in [0.4, 0.5) is 0 Å². The summed E-state index contributed by atoms with van der Waals surface area (Å²) in [6, 6.07) is 11.5. The Morgan fingerprint density at radius 3 is 2.61 bits per heavy atom. The van der Waals surface area contributed by atoms with Gasteiger partial charge in [-0.1, -0.05) is 12.1 Å². The summed E-state index contributed by atoms with van der Waals surface area (Å²) in [4.78, 5) is 18.3. The van der Waals surface area contributed by atoms with Crippen molar-refractivity contribution < 1.29 is 13.9 Å². The van der Waals surface area contributed by atoms with Crippen molar-refractivity contribution in [2.75, 3.05) is 33.8 Å². The number of carbonyl (C=O) groups excluding carboxylic acids is 1. The second-order valence-corrected chi connectivity index (χ2v) is 7.69. The molecule has 1 aliphatic rings. The number of hydrogen-bond acceptors (Lipinski definition) is 4. The summed E-state index contributed by atoms with van der Waals surface area (Å²) < 4.78 is 11.2. The van der Waals surface area contributed by atoms with Crippen molar-refractivity contribution >= 4 is 35.8 Å². The van der Waals surface area contributed by atoms with E-state index in [1.54, 1.807) is 25.3 Å². The summed E-state index contributed by atoms with van der Waals surface area (Å²) in [5, 5.41) is 6.78. The molecule has 0 saturated carbocycles. The van der Waals surface area contributed by atoms with E-state index in [1.807, 2.05) is 36.4 Å². The first-order valence-corrected chi connectivity index (χ1v) is 10.6. The number of benzene rings is 1. The Balaban J connectivity index is 0.00000341. The van der Waals surface area contributed by atoms with Gasteiger partial charge in [0.1, 0.15) is 5.76 Å². The van der Waals surface area contributed by atoms with Crippen molar-refractivity contribution in [2.45, 2.75) is 38.3 Å². The average Bonchev–Trinajstić information content (AvgIpc) is 3.29. The third-order valence-corrected chi connectivity index (χ3v) is 5.04. The molecular weight excluding hydrogens is 507 g/mol. The van der Waals surface area contributed by atoms with E-state index in [2.05, 4.69) is 10.6 Å². The number of aliphatic imine (C=N–C) groups is 1. The highest BCUT2D eigenvalue weighted by atomic mass is 127. The molecule has 170 valence electrons. The fourth-order valence-electron chi connectivity index (χ4n) is 3.29. The Morgan fingerprint density at radius 2 is 1.97 bits per heavy atom. The Labute approximate surface area is 201 Å². The summed E-state index contributed by atoms with van der Waals surface area (Å²) in [6.07, 6.45) is 6.14. The Bertz CT molecular complexity index is 801. The van der Waals surface area contributed by atoms with Gasteiger partial charge in [0, 0.05) is 45.8 Å². The molecule has 1 amide bonds. The third kappa shape index (κ3) is 8.53. The van der Waals surface area contributed by atoms with E-state index in [1.165, 1.54) is 6.42 Å². The Kier molecular flexibility index (Phi) is 10.9. The van der Waals surface area contributed by atoms with Gasteiger partial charge in [0.15, 0.2) is 5.96 Å². The maximum atomic E-state index is 12.0. The SMILES string of the molecule is CN(C)C(=O)c1ccc(CN=C(NCCc2ccco2)NCC2CCCCO2)cc1.I. The molecule has 0 bridgehead atoms. The number of rotatable bonds is 8. The van der Waals surface area contributed by atoms with Crippen LogP contribution in [0.2, 0.25) is 0 Å². The maximum Gasteiger partial charge on any atom is 0.253 e. The molecule has 0 spiro atoms. The van der Waals surface area contributed by atoms with Gasteiger partial charge in [-0.25, -0.2) is 4.99 Å². The van der Waals surface area contributed by atoms with Crippen LogP contribution in [-0.4, -0.2) is 56.7 Å². The van der Waals surface area contributed by atoms with Gasteiger partial charge >= 0.3 is 0 Å². The third-order valence-electron chi connectivity index (χ3n) is 5.04. The molecule has 1 aromatic heterocycles. The number of nitrogens with one attached hydrogen (secondary N) is 2. The van der Waals surface area contributed by atoms with E-state index in [-0.39, 0.29) is 36.0 Å². The summed E-state index contributed by atoms with van der Waals surface area (Å²) in [5.74, 6) is 1.70. The molecule has 1 saturated heterocycles. The first-order valence-electron chi connectivity index (χ1n) is 10.6. The van der Waals surface area contributed by atoms with Gasteiger partial charge in [-0.05, 0) is 49.1 Å². The molecule has 31 heavy (non-hydrogen) atoms. The van der Waals surface area contributed by atoms with Gasteiger partial charge in [-0.15, -0.1) is 24.0 Å². The maximum absolute atomic E-state index is 12.0. The molecule has 1 fully saturated rings. The summed E-state index contributed by atoms with van der Waals surface area (Å²) in [5.41, 5.74) is 1.73. The molecule has 7 nitrogen and oxygen atoms in total. The minimum atomic E-state index is -0.000480. The molecule has 0 radical (unpaired) electrons. The highest BCUT2D eigenvalue weighted by Gasteiger charge is 2.14. The fraction of sp³-hybridized carbons (Fsp3) is 0.478. The van der Waals surface area contributed by atoms with Crippen LogP contribution in [0.15, 0.2) is 52.1 Å². The van der Waals surface area contributed by atoms with Crippen LogP contribution in [0.25, 0.3) is 0 Å². The van der Waals surface area contributed by atoms with Gasteiger partial charge in [0.2, 0.25) is 0 Å². The predicted octanol–water partition coefficient (Wildman–Crippen LogP) is 3.45. The van der Waals surface area contributed by atoms with Crippen molar-refractivity contribution in [2.24, 2.45) is 4.99 Å². The lowest BCUT2D eigenvalue weighted by Crippen LogP contribution is -2.43. The summed E-state index contributed by atoms with van der Waals surface area (Å²) in [6.45, 7) is 2.82. The van der Waals surface area contributed by atoms with E-state index in [9.17, 15) is 4.79 Å². The minimum Gasteiger partial charge on any atom is -0.469 e. The molecule has 2 N–H and O–H groups in total. The van der Waals surface area contributed by atoms with E-state index in [0.29, 0.717) is 12.1 Å². The monoisotopic (exact) mass is 540 g/mol. The van der Waals surface area contributed by atoms with Crippen LogP contribution in [0.3, 0.4) is 0 Å². The van der Waals surface area contributed by atoms with Crippen molar-refractivity contribution in [3.63, 3.8) is 0 Å². The largest absolute Gasteiger partial charge is 0.469 e. The van der Waals surface area contributed by atoms with Crippen LogP contribution in [0, 0.1) is 0 Å². The number of guanidine groups is 1. The second kappa shape index (κ2) is 13.4. The van der Waals surface area contributed by atoms with Crippen molar-refractivity contribution in [1.29, 1.82) is 0 Å². The van der Waals surface area contributed by atoms with Crippen molar-refractivity contribution in [3.8, 4) is 0 Å². The topological polar surface area (TPSA) is 79.1 Å². The standard InChI is InChI=1S/C23H32N4O3.HI/c1-27(2)22(28)19-10-8-18(9-11-19)16-25-23(24-13-12-20-7-5-15-29-20)26-17-21-6-3-4-14-30-21;/h5,7-11,15,21H,3-4,6,12-14,16-17H2,1-2H3,(H2,24,25,26);1H. The fourth-order valence-corrected chi connectivity index (χ4v) is 3.29. The zero-order chi connectivity index (χ0) is 21.2. The molecule has 1 aliphatic heterocycles. The minimum absolute atomic E-state index is 0. The van der Waals surface area contributed by atoms with E-state index < -0.39 is 0 Å². The number of halogens is 1.